The van der Waals surface area contributed by atoms with E-state index < -0.39 is 0 Å². The van der Waals surface area contributed by atoms with Gasteiger partial charge in [-0.15, -0.1) is 5.73 Å². The molecule has 1 aromatic carbocycles. The summed E-state index contributed by atoms with van der Waals surface area (Å²) in [6.45, 7) is 3.51. The fourth-order valence-electron chi connectivity index (χ4n) is 1.28. The van der Waals surface area contributed by atoms with Crippen molar-refractivity contribution in [3.8, 4) is 11.6 Å². The summed E-state index contributed by atoms with van der Waals surface area (Å²) in [6, 6.07) is 15.1. The molecule has 0 saturated carbocycles. The quantitative estimate of drug-likeness (QED) is 0.719. The molecule has 0 N–H and O–H groups in total. The summed E-state index contributed by atoms with van der Waals surface area (Å²) in [6.07, 6.45) is 1.71. The van der Waals surface area contributed by atoms with Crippen molar-refractivity contribution >= 4 is 6.08 Å². The standard InChI is InChI=1S/C14H11NO/c1-2-7-12-8-6-11-14(15-12)16-13-9-4-3-5-10-13/h3-11H,1H2. The second kappa shape index (κ2) is 4.96. The van der Waals surface area contributed by atoms with Crippen molar-refractivity contribution in [2.75, 3.05) is 0 Å². The molecule has 0 spiro atoms. The van der Waals surface area contributed by atoms with Crippen LogP contribution in [0.15, 0.2) is 60.8 Å². The van der Waals surface area contributed by atoms with Crippen LogP contribution >= 0.6 is 0 Å². The molecule has 0 aliphatic carbocycles. The van der Waals surface area contributed by atoms with E-state index in [0.29, 0.717) is 5.88 Å². The molecule has 0 saturated heterocycles. The van der Waals surface area contributed by atoms with E-state index >= 15 is 0 Å². The summed E-state index contributed by atoms with van der Waals surface area (Å²) in [7, 11) is 0. The molecule has 0 unspecified atom stereocenters. The first-order valence-corrected chi connectivity index (χ1v) is 4.94. The number of hydrogen-bond acceptors (Lipinski definition) is 2. The Hall–Kier alpha value is -2.31. The molecule has 1 aromatic heterocycles. The summed E-state index contributed by atoms with van der Waals surface area (Å²) in [5, 5.41) is 0. The summed E-state index contributed by atoms with van der Waals surface area (Å²) >= 11 is 0. The van der Waals surface area contributed by atoms with Crippen LogP contribution in [0.25, 0.3) is 6.08 Å². The Bertz CT molecular complexity index is 513. The number of para-hydroxylation sites is 1. The lowest BCUT2D eigenvalue weighted by Crippen LogP contribution is -1.88. The van der Waals surface area contributed by atoms with Gasteiger partial charge in [0.15, 0.2) is 0 Å². The highest BCUT2D eigenvalue weighted by molar-refractivity contribution is 5.44. The van der Waals surface area contributed by atoms with Gasteiger partial charge >= 0.3 is 0 Å². The Labute approximate surface area is 94.5 Å². The molecular formula is C14H11NO. The van der Waals surface area contributed by atoms with Crippen LogP contribution in [0.3, 0.4) is 0 Å². The van der Waals surface area contributed by atoms with Gasteiger partial charge in [-0.2, -0.15) is 0 Å². The maximum absolute atomic E-state index is 5.59. The second-order valence-electron chi connectivity index (χ2n) is 3.16. The number of benzene rings is 1. The zero-order chi connectivity index (χ0) is 11.2. The fraction of sp³-hybridized carbons (Fsp3) is 0. The summed E-state index contributed by atoms with van der Waals surface area (Å²) in [5.41, 5.74) is 3.46. The summed E-state index contributed by atoms with van der Waals surface area (Å²) in [4.78, 5) is 4.28. The highest BCUT2D eigenvalue weighted by atomic mass is 16.5. The topological polar surface area (TPSA) is 22.1 Å². The van der Waals surface area contributed by atoms with Crippen LogP contribution in [0.4, 0.5) is 0 Å². The Balaban J connectivity index is 2.22. The van der Waals surface area contributed by atoms with Gasteiger partial charge in [-0.05, 0) is 18.2 Å². The van der Waals surface area contributed by atoms with Crippen molar-refractivity contribution in [3.05, 3.63) is 66.5 Å². The van der Waals surface area contributed by atoms with Gasteiger partial charge < -0.3 is 4.74 Å². The molecule has 0 bridgehead atoms. The number of pyridine rings is 1. The van der Waals surface area contributed by atoms with E-state index in [4.69, 9.17) is 4.74 Å². The molecule has 0 aliphatic heterocycles. The maximum Gasteiger partial charge on any atom is 0.219 e. The van der Waals surface area contributed by atoms with Crippen molar-refractivity contribution in [3.63, 3.8) is 0 Å². The molecule has 2 heteroatoms. The van der Waals surface area contributed by atoms with E-state index in [1.165, 1.54) is 0 Å². The predicted molar refractivity (Wildman–Crippen MR) is 64.4 cm³/mol. The molecule has 0 aliphatic rings. The lowest BCUT2D eigenvalue weighted by Gasteiger charge is -2.04. The van der Waals surface area contributed by atoms with E-state index in [-0.39, 0.29) is 0 Å². The Morgan fingerprint density at radius 3 is 2.62 bits per heavy atom. The van der Waals surface area contributed by atoms with Gasteiger partial charge in [0.1, 0.15) is 5.75 Å². The first-order chi connectivity index (χ1) is 7.88. The normalized spacial score (nSPS) is 9.25. The zero-order valence-corrected chi connectivity index (χ0v) is 8.76. The van der Waals surface area contributed by atoms with Crippen LogP contribution in [0.2, 0.25) is 0 Å². The van der Waals surface area contributed by atoms with Gasteiger partial charge in [-0.25, -0.2) is 4.98 Å². The van der Waals surface area contributed by atoms with Crippen molar-refractivity contribution in [1.82, 2.24) is 4.98 Å². The average molecular weight is 209 g/mol. The Morgan fingerprint density at radius 1 is 1.06 bits per heavy atom. The molecule has 0 fully saturated rings. The van der Waals surface area contributed by atoms with Crippen LogP contribution in [0, 0.1) is 0 Å². The monoisotopic (exact) mass is 209 g/mol. The van der Waals surface area contributed by atoms with Gasteiger partial charge in [0.2, 0.25) is 5.88 Å². The number of aromatic nitrogens is 1. The molecular weight excluding hydrogens is 198 g/mol. The lowest BCUT2D eigenvalue weighted by atomic mass is 10.3. The Kier molecular flexibility index (Phi) is 3.17. The van der Waals surface area contributed by atoms with Gasteiger partial charge in [-0.1, -0.05) is 30.8 Å². The molecule has 1 heterocycles. The average Bonchev–Trinajstić information content (AvgIpc) is 2.31. The van der Waals surface area contributed by atoms with Gasteiger partial charge in [0.25, 0.3) is 0 Å². The Morgan fingerprint density at radius 2 is 1.88 bits per heavy atom. The van der Waals surface area contributed by atoms with Crippen molar-refractivity contribution in [1.29, 1.82) is 0 Å². The van der Waals surface area contributed by atoms with E-state index in [1.54, 1.807) is 6.08 Å². The predicted octanol–water partition coefficient (Wildman–Crippen LogP) is 3.67. The van der Waals surface area contributed by atoms with Gasteiger partial charge in [-0.3, -0.25) is 0 Å². The van der Waals surface area contributed by atoms with Crippen LogP contribution in [0.1, 0.15) is 5.69 Å². The molecule has 16 heavy (non-hydrogen) atoms. The van der Waals surface area contributed by atoms with Crippen LogP contribution in [-0.4, -0.2) is 4.98 Å². The number of ether oxygens (including phenoxy) is 1. The highest BCUT2D eigenvalue weighted by Gasteiger charge is 1.97. The molecule has 0 amide bonds. The third-order valence-corrected chi connectivity index (χ3v) is 1.96. The second-order valence-corrected chi connectivity index (χ2v) is 3.16. The lowest BCUT2D eigenvalue weighted by molar-refractivity contribution is 0.462. The minimum atomic E-state index is 0.565. The van der Waals surface area contributed by atoms with Crippen LogP contribution in [0.5, 0.6) is 11.6 Å². The molecule has 0 radical (unpaired) electrons. The first kappa shape index (κ1) is 10.2. The third-order valence-electron chi connectivity index (χ3n) is 1.96. The summed E-state index contributed by atoms with van der Waals surface area (Å²) < 4.78 is 5.59. The molecule has 78 valence electrons. The van der Waals surface area contributed by atoms with Crippen LogP contribution < -0.4 is 4.74 Å². The molecule has 2 aromatic rings. The number of hydrogen-bond donors (Lipinski definition) is 0. The van der Waals surface area contributed by atoms with Gasteiger partial charge in [0.05, 0.1) is 5.69 Å². The number of nitrogens with zero attached hydrogens (tertiary/aromatic N) is 1. The first-order valence-electron chi connectivity index (χ1n) is 4.94. The van der Waals surface area contributed by atoms with Crippen LogP contribution in [-0.2, 0) is 0 Å². The van der Waals surface area contributed by atoms with Crippen molar-refractivity contribution in [2.24, 2.45) is 0 Å². The van der Waals surface area contributed by atoms with E-state index in [9.17, 15) is 0 Å². The van der Waals surface area contributed by atoms with E-state index in [2.05, 4.69) is 17.3 Å². The smallest absolute Gasteiger partial charge is 0.219 e. The van der Waals surface area contributed by atoms with Crippen molar-refractivity contribution in [2.45, 2.75) is 0 Å². The SMILES string of the molecule is C=C=Cc1cccc(Oc2ccccc2)n1. The van der Waals surface area contributed by atoms with Gasteiger partial charge in [0, 0.05) is 12.1 Å². The third kappa shape index (κ3) is 2.59. The summed E-state index contributed by atoms with van der Waals surface area (Å²) in [5.74, 6) is 1.34. The number of rotatable bonds is 3. The molecule has 0 atom stereocenters. The molecule has 2 rings (SSSR count). The largest absolute Gasteiger partial charge is 0.439 e. The minimum Gasteiger partial charge on any atom is -0.439 e. The minimum absolute atomic E-state index is 0.565. The van der Waals surface area contributed by atoms with Crippen molar-refractivity contribution < 1.29 is 4.74 Å². The van der Waals surface area contributed by atoms with E-state index in [0.717, 1.165) is 11.4 Å². The zero-order valence-electron chi connectivity index (χ0n) is 8.76. The molecule has 2 nitrogen and oxygen atoms in total. The maximum atomic E-state index is 5.59. The van der Waals surface area contributed by atoms with E-state index in [1.807, 2.05) is 48.5 Å². The highest BCUT2D eigenvalue weighted by Crippen LogP contribution is 2.18. The fourth-order valence-corrected chi connectivity index (χ4v) is 1.28.